The summed E-state index contributed by atoms with van der Waals surface area (Å²) < 4.78 is 13.5. The van der Waals surface area contributed by atoms with Gasteiger partial charge in [-0.15, -0.1) is 0 Å². The lowest BCUT2D eigenvalue weighted by Crippen LogP contribution is -2.41. The van der Waals surface area contributed by atoms with Crippen LogP contribution in [0.3, 0.4) is 0 Å². The second-order valence-corrected chi connectivity index (χ2v) is 5.92. The number of guanidine groups is 1. The van der Waals surface area contributed by atoms with Crippen LogP contribution in [0.5, 0.6) is 0 Å². The number of aliphatic imine (C=N–C) groups is 1. The molecule has 1 aliphatic rings. The Labute approximate surface area is 131 Å². The molecule has 122 valence electrons. The fourth-order valence-corrected chi connectivity index (χ4v) is 2.73. The molecule has 1 fully saturated rings. The molecule has 22 heavy (non-hydrogen) atoms. The molecule has 2 rings (SSSR count). The van der Waals surface area contributed by atoms with Gasteiger partial charge in [-0.2, -0.15) is 0 Å². The molecule has 1 aromatic carbocycles. The molecule has 0 heterocycles. The minimum Gasteiger partial charge on any atom is -0.393 e. The fourth-order valence-electron chi connectivity index (χ4n) is 2.73. The van der Waals surface area contributed by atoms with Crippen molar-refractivity contribution in [3.05, 3.63) is 35.1 Å². The highest BCUT2D eigenvalue weighted by molar-refractivity contribution is 5.79. The number of aliphatic hydroxyl groups excluding tert-OH is 1. The zero-order chi connectivity index (χ0) is 15.9. The van der Waals surface area contributed by atoms with Crippen LogP contribution in [0, 0.1) is 18.7 Å². The molecule has 1 saturated carbocycles. The van der Waals surface area contributed by atoms with Gasteiger partial charge in [-0.1, -0.05) is 18.6 Å². The predicted molar refractivity (Wildman–Crippen MR) is 87.3 cm³/mol. The summed E-state index contributed by atoms with van der Waals surface area (Å²) in [4.78, 5) is 4.49. The number of hydrogen-bond donors (Lipinski definition) is 3. The van der Waals surface area contributed by atoms with Crippen LogP contribution in [-0.2, 0) is 6.54 Å². The Morgan fingerprint density at radius 3 is 2.82 bits per heavy atom. The number of rotatable bonds is 5. The number of hydrogen-bond acceptors (Lipinski definition) is 2. The lowest BCUT2D eigenvalue weighted by atomic mass is 10.1. The molecule has 0 amide bonds. The summed E-state index contributed by atoms with van der Waals surface area (Å²) >= 11 is 0. The number of nitrogens with one attached hydrogen (secondary N) is 2. The van der Waals surface area contributed by atoms with E-state index in [-0.39, 0.29) is 11.9 Å². The lowest BCUT2D eigenvalue weighted by molar-refractivity contribution is 0.134. The summed E-state index contributed by atoms with van der Waals surface area (Å²) in [5.74, 6) is 0.808. The molecule has 0 radical (unpaired) electrons. The number of halogens is 1. The first-order valence-electron chi connectivity index (χ1n) is 8.05. The first kappa shape index (κ1) is 16.7. The van der Waals surface area contributed by atoms with Crippen molar-refractivity contribution in [3.8, 4) is 0 Å². The van der Waals surface area contributed by atoms with Gasteiger partial charge in [-0.05, 0) is 43.9 Å². The van der Waals surface area contributed by atoms with Crippen molar-refractivity contribution in [2.45, 2.75) is 45.8 Å². The largest absolute Gasteiger partial charge is 0.393 e. The molecule has 3 N–H and O–H groups in total. The van der Waals surface area contributed by atoms with E-state index in [2.05, 4.69) is 15.6 Å². The summed E-state index contributed by atoms with van der Waals surface area (Å²) in [7, 11) is 0. The summed E-state index contributed by atoms with van der Waals surface area (Å²) in [5, 5.41) is 16.3. The summed E-state index contributed by atoms with van der Waals surface area (Å²) in [6, 6.07) is 5.20. The fraction of sp³-hybridized carbons (Fsp3) is 0.588. The Balaban J connectivity index is 1.92. The Hall–Kier alpha value is -1.62. The molecule has 5 heteroatoms. The molecule has 0 bridgehead atoms. The average Bonchev–Trinajstić information content (AvgIpc) is 2.91. The van der Waals surface area contributed by atoms with Gasteiger partial charge in [-0.25, -0.2) is 9.38 Å². The van der Waals surface area contributed by atoms with Crippen molar-refractivity contribution < 1.29 is 9.50 Å². The zero-order valence-corrected chi connectivity index (χ0v) is 13.4. The summed E-state index contributed by atoms with van der Waals surface area (Å²) in [6.07, 6.45) is 2.82. The predicted octanol–water partition coefficient (Wildman–Crippen LogP) is 2.35. The van der Waals surface area contributed by atoms with E-state index >= 15 is 0 Å². The van der Waals surface area contributed by atoms with Gasteiger partial charge in [0.25, 0.3) is 0 Å². The van der Waals surface area contributed by atoms with E-state index in [1.807, 2.05) is 13.0 Å². The molecule has 2 unspecified atom stereocenters. The van der Waals surface area contributed by atoms with Crippen LogP contribution in [0.1, 0.15) is 37.3 Å². The standard InChI is InChI=1S/C17H26FN3O/c1-3-19-17(21-11-14-5-4-6-16(14)22)20-10-13-8-7-12(2)15(18)9-13/h7-9,14,16,22H,3-6,10-11H2,1-2H3,(H2,19,20,21). The molecule has 0 aromatic heterocycles. The van der Waals surface area contributed by atoms with Crippen molar-refractivity contribution in [2.24, 2.45) is 10.9 Å². The van der Waals surface area contributed by atoms with E-state index < -0.39 is 0 Å². The normalized spacial score (nSPS) is 21.9. The molecular formula is C17H26FN3O. The number of aryl methyl sites for hydroxylation is 1. The van der Waals surface area contributed by atoms with Gasteiger partial charge in [0.05, 0.1) is 12.6 Å². The number of nitrogens with zero attached hydrogens (tertiary/aromatic N) is 1. The minimum atomic E-state index is -0.207. The van der Waals surface area contributed by atoms with Gasteiger partial charge in [0.15, 0.2) is 5.96 Å². The molecule has 0 spiro atoms. The van der Waals surface area contributed by atoms with Crippen molar-refractivity contribution in [3.63, 3.8) is 0 Å². The maximum atomic E-state index is 13.5. The van der Waals surface area contributed by atoms with Gasteiger partial charge in [0.1, 0.15) is 5.82 Å². The zero-order valence-electron chi connectivity index (χ0n) is 13.4. The van der Waals surface area contributed by atoms with Crippen molar-refractivity contribution in [1.82, 2.24) is 10.6 Å². The minimum absolute atomic E-state index is 0.195. The first-order valence-corrected chi connectivity index (χ1v) is 8.05. The average molecular weight is 307 g/mol. The van der Waals surface area contributed by atoms with Crippen LogP contribution in [0.15, 0.2) is 23.2 Å². The highest BCUT2D eigenvalue weighted by Crippen LogP contribution is 2.24. The van der Waals surface area contributed by atoms with E-state index in [0.717, 1.165) is 37.9 Å². The molecule has 1 aliphatic carbocycles. The maximum Gasteiger partial charge on any atom is 0.191 e. The van der Waals surface area contributed by atoms with Crippen molar-refractivity contribution in [1.29, 1.82) is 0 Å². The van der Waals surface area contributed by atoms with Gasteiger partial charge < -0.3 is 15.7 Å². The molecular weight excluding hydrogens is 281 g/mol. The molecule has 0 saturated heterocycles. The second-order valence-electron chi connectivity index (χ2n) is 5.92. The topological polar surface area (TPSA) is 56.7 Å². The second kappa shape index (κ2) is 8.13. The van der Waals surface area contributed by atoms with Crippen LogP contribution in [0.4, 0.5) is 4.39 Å². The SMILES string of the molecule is CCNC(=NCc1ccc(C)c(F)c1)NCC1CCCC1O. The highest BCUT2D eigenvalue weighted by atomic mass is 19.1. The molecule has 1 aromatic rings. The molecule has 0 aliphatic heterocycles. The number of aliphatic hydroxyl groups is 1. The van der Waals surface area contributed by atoms with Crippen LogP contribution in [0.2, 0.25) is 0 Å². The maximum absolute atomic E-state index is 13.5. The van der Waals surface area contributed by atoms with Crippen LogP contribution in [-0.4, -0.2) is 30.3 Å². The Morgan fingerprint density at radius 2 is 2.18 bits per heavy atom. The smallest absolute Gasteiger partial charge is 0.191 e. The van der Waals surface area contributed by atoms with Crippen molar-refractivity contribution >= 4 is 5.96 Å². The first-order chi connectivity index (χ1) is 10.6. The van der Waals surface area contributed by atoms with Crippen LogP contribution in [0.25, 0.3) is 0 Å². The Kier molecular flexibility index (Phi) is 6.19. The quantitative estimate of drug-likeness (QED) is 0.578. The molecule has 4 nitrogen and oxygen atoms in total. The van der Waals surface area contributed by atoms with Crippen LogP contribution >= 0.6 is 0 Å². The third-order valence-electron chi connectivity index (χ3n) is 4.15. The van der Waals surface area contributed by atoms with E-state index in [4.69, 9.17) is 0 Å². The summed E-state index contributed by atoms with van der Waals surface area (Å²) in [5.41, 5.74) is 1.49. The Bertz CT molecular complexity index is 519. The third kappa shape index (κ3) is 4.70. The molecule has 2 atom stereocenters. The van der Waals surface area contributed by atoms with Gasteiger partial charge >= 0.3 is 0 Å². The van der Waals surface area contributed by atoms with E-state index in [9.17, 15) is 9.50 Å². The van der Waals surface area contributed by atoms with Crippen molar-refractivity contribution in [2.75, 3.05) is 13.1 Å². The van der Waals surface area contributed by atoms with Gasteiger partial charge in [-0.3, -0.25) is 0 Å². The lowest BCUT2D eigenvalue weighted by Gasteiger charge is -2.17. The van der Waals surface area contributed by atoms with E-state index in [0.29, 0.717) is 24.0 Å². The number of benzene rings is 1. The van der Waals surface area contributed by atoms with Gasteiger partial charge in [0, 0.05) is 19.0 Å². The highest BCUT2D eigenvalue weighted by Gasteiger charge is 2.24. The monoisotopic (exact) mass is 307 g/mol. The third-order valence-corrected chi connectivity index (χ3v) is 4.15. The van der Waals surface area contributed by atoms with E-state index in [1.165, 1.54) is 6.07 Å². The Morgan fingerprint density at radius 1 is 1.36 bits per heavy atom. The summed E-state index contributed by atoms with van der Waals surface area (Å²) in [6.45, 7) is 5.67. The van der Waals surface area contributed by atoms with Gasteiger partial charge in [0.2, 0.25) is 0 Å². The van der Waals surface area contributed by atoms with Crippen LogP contribution < -0.4 is 10.6 Å². The van der Waals surface area contributed by atoms with E-state index in [1.54, 1.807) is 13.0 Å².